The molecule has 0 aliphatic rings. The van der Waals surface area contributed by atoms with Crippen molar-refractivity contribution in [2.24, 2.45) is 0 Å². The first-order chi connectivity index (χ1) is 8.56. The zero-order valence-electron chi connectivity index (χ0n) is 10.3. The molecular formula is C14H14N2O2. The van der Waals surface area contributed by atoms with Gasteiger partial charge in [0.05, 0.1) is 5.56 Å². The predicted molar refractivity (Wildman–Crippen MR) is 69.3 cm³/mol. The number of carbonyl (C=O) groups excluding carboxylic acids is 1. The Labute approximate surface area is 105 Å². The first-order valence-electron chi connectivity index (χ1n) is 5.64. The lowest BCUT2D eigenvalue weighted by Crippen LogP contribution is -2.25. The summed E-state index contributed by atoms with van der Waals surface area (Å²) in [6, 6.07) is 8.72. The van der Waals surface area contributed by atoms with Gasteiger partial charge in [0.1, 0.15) is 0 Å². The maximum atomic E-state index is 11.9. The lowest BCUT2D eigenvalue weighted by Gasteiger charge is -2.07. The Kier molecular flexibility index (Phi) is 3.28. The highest BCUT2D eigenvalue weighted by atomic mass is 16.5. The Bertz CT molecular complexity index is 577. The molecule has 0 unspecified atom stereocenters. The average molecular weight is 242 g/mol. The van der Waals surface area contributed by atoms with Crippen molar-refractivity contribution in [3.8, 4) is 0 Å². The van der Waals surface area contributed by atoms with Crippen LogP contribution in [0, 0.1) is 19.1 Å². The van der Waals surface area contributed by atoms with Gasteiger partial charge in [-0.1, -0.05) is 6.07 Å². The minimum absolute atomic E-state index is 0.223. The third kappa shape index (κ3) is 2.66. The average Bonchev–Trinajstić information content (AvgIpc) is 2.34. The van der Waals surface area contributed by atoms with Gasteiger partial charge in [0.25, 0.3) is 5.91 Å². The Hall–Kier alpha value is -2.36. The molecule has 0 radical (unpaired) electrons. The summed E-state index contributed by atoms with van der Waals surface area (Å²) in [5.74, 6) is -0.223. The second-order valence-corrected chi connectivity index (χ2v) is 4.20. The highest BCUT2D eigenvalue weighted by Crippen LogP contribution is 2.14. The van der Waals surface area contributed by atoms with Gasteiger partial charge in [0, 0.05) is 17.8 Å². The number of hydrogen-bond acceptors (Lipinski definition) is 2. The van der Waals surface area contributed by atoms with Crippen molar-refractivity contribution in [3.05, 3.63) is 64.6 Å². The second kappa shape index (κ2) is 4.87. The van der Waals surface area contributed by atoms with Gasteiger partial charge in [-0.05, 0) is 37.1 Å². The Morgan fingerprint density at radius 1 is 1.11 bits per heavy atom. The summed E-state index contributed by atoms with van der Waals surface area (Å²) in [5.41, 5.74) is 3.51. The number of nitrogens with one attached hydrogen (secondary N) is 1. The van der Waals surface area contributed by atoms with E-state index in [0.29, 0.717) is 10.3 Å². The van der Waals surface area contributed by atoms with Crippen LogP contribution in [0.15, 0.2) is 42.7 Å². The van der Waals surface area contributed by atoms with Gasteiger partial charge < -0.3 is 10.5 Å². The summed E-state index contributed by atoms with van der Waals surface area (Å²) >= 11 is 0. The molecule has 1 N–H and O–H groups in total. The van der Waals surface area contributed by atoms with Gasteiger partial charge in [0.15, 0.2) is 12.4 Å². The molecule has 92 valence electrons. The molecule has 4 heteroatoms. The van der Waals surface area contributed by atoms with Crippen LogP contribution < -0.4 is 10.0 Å². The van der Waals surface area contributed by atoms with Gasteiger partial charge in [-0.15, -0.1) is 0 Å². The normalized spacial score (nSPS) is 10.1. The monoisotopic (exact) mass is 242 g/mol. The molecule has 1 amide bonds. The molecule has 0 saturated heterocycles. The van der Waals surface area contributed by atoms with E-state index in [4.69, 9.17) is 0 Å². The molecule has 0 spiro atoms. The van der Waals surface area contributed by atoms with Gasteiger partial charge >= 0.3 is 0 Å². The van der Waals surface area contributed by atoms with Crippen molar-refractivity contribution in [3.63, 3.8) is 0 Å². The lowest BCUT2D eigenvalue weighted by molar-refractivity contribution is -0.605. The summed E-state index contributed by atoms with van der Waals surface area (Å²) in [6.45, 7) is 4.01. The second-order valence-electron chi connectivity index (χ2n) is 4.20. The van der Waals surface area contributed by atoms with E-state index >= 15 is 0 Å². The molecule has 2 aromatic rings. The molecule has 0 aliphatic carbocycles. The summed E-state index contributed by atoms with van der Waals surface area (Å²) < 4.78 is 0.646. The van der Waals surface area contributed by atoms with Crippen molar-refractivity contribution >= 4 is 11.6 Å². The van der Waals surface area contributed by atoms with Crippen molar-refractivity contribution in [1.82, 2.24) is 0 Å². The fourth-order valence-corrected chi connectivity index (χ4v) is 1.59. The zero-order chi connectivity index (χ0) is 13.1. The topological polar surface area (TPSA) is 56.0 Å². The molecule has 0 saturated carbocycles. The molecule has 1 heterocycles. The van der Waals surface area contributed by atoms with Gasteiger partial charge in [0.2, 0.25) is 0 Å². The maximum Gasteiger partial charge on any atom is 0.256 e. The van der Waals surface area contributed by atoms with Gasteiger partial charge in [-0.2, -0.15) is 4.73 Å². The molecule has 4 nitrogen and oxygen atoms in total. The fraction of sp³-hybridized carbons (Fsp3) is 0.143. The van der Waals surface area contributed by atoms with E-state index in [-0.39, 0.29) is 5.91 Å². The van der Waals surface area contributed by atoms with E-state index in [9.17, 15) is 10.0 Å². The third-order valence-electron chi connectivity index (χ3n) is 2.83. The van der Waals surface area contributed by atoms with Crippen LogP contribution in [-0.2, 0) is 0 Å². The van der Waals surface area contributed by atoms with Crippen molar-refractivity contribution in [2.75, 3.05) is 5.32 Å². The summed E-state index contributed by atoms with van der Waals surface area (Å²) in [4.78, 5) is 11.9. The fourth-order valence-electron chi connectivity index (χ4n) is 1.59. The Morgan fingerprint density at radius 2 is 1.78 bits per heavy atom. The first-order valence-corrected chi connectivity index (χ1v) is 5.64. The number of amides is 1. The summed E-state index contributed by atoms with van der Waals surface area (Å²) in [5, 5.41) is 13.7. The number of anilines is 1. The van der Waals surface area contributed by atoms with Gasteiger partial charge in [-0.25, -0.2) is 0 Å². The van der Waals surface area contributed by atoms with E-state index in [1.807, 2.05) is 32.0 Å². The van der Waals surface area contributed by atoms with Crippen LogP contribution in [0.4, 0.5) is 5.69 Å². The number of aryl methyl sites for hydroxylation is 2. The molecule has 18 heavy (non-hydrogen) atoms. The van der Waals surface area contributed by atoms with Crippen molar-refractivity contribution in [2.45, 2.75) is 13.8 Å². The van der Waals surface area contributed by atoms with Gasteiger partial charge in [-0.3, -0.25) is 4.79 Å². The number of carbonyl (C=O) groups is 1. The number of hydrogen-bond donors (Lipinski definition) is 1. The van der Waals surface area contributed by atoms with E-state index in [0.717, 1.165) is 11.3 Å². The Morgan fingerprint density at radius 3 is 2.39 bits per heavy atom. The third-order valence-corrected chi connectivity index (χ3v) is 2.83. The number of nitrogens with zero attached hydrogens (tertiary/aromatic N) is 1. The van der Waals surface area contributed by atoms with Crippen molar-refractivity contribution in [1.29, 1.82) is 0 Å². The van der Waals surface area contributed by atoms with E-state index < -0.39 is 0 Å². The lowest BCUT2D eigenvalue weighted by atomic mass is 10.1. The summed E-state index contributed by atoms with van der Waals surface area (Å²) in [7, 11) is 0. The molecular weight excluding hydrogens is 228 g/mol. The number of rotatable bonds is 2. The number of aromatic nitrogens is 1. The number of pyridine rings is 1. The van der Waals surface area contributed by atoms with Crippen LogP contribution in [0.5, 0.6) is 0 Å². The SMILES string of the molecule is Cc1ccc(NC(=O)c2cc[n+]([O-])cc2)cc1C. The van der Waals surface area contributed by atoms with Crippen LogP contribution >= 0.6 is 0 Å². The highest BCUT2D eigenvalue weighted by molar-refractivity contribution is 6.04. The van der Waals surface area contributed by atoms with Crippen LogP contribution in [0.25, 0.3) is 0 Å². The highest BCUT2D eigenvalue weighted by Gasteiger charge is 2.07. The van der Waals surface area contributed by atoms with Crippen LogP contribution in [0.3, 0.4) is 0 Å². The molecule has 1 aromatic heterocycles. The van der Waals surface area contributed by atoms with Crippen LogP contribution in [-0.4, -0.2) is 5.91 Å². The van der Waals surface area contributed by atoms with Crippen LogP contribution in [0.1, 0.15) is 21.5 Å². The zero-order valence-corrected chi connectivity index (χ0v) is 10.3. The minimum Gasteiger partial charge on any atom is -0.619 e. The summed E-state index contributed by atoms with van der Waals surface area (Å²) in [6.07, 6.45) is 2.60. The predicted octanol–water partition coefficient (Wildman–Crippen LogP) is 2.19. The Balaban J connectivity index is 2.16. The smallest absolute Gasteiger partial charge is 0.256 e. The molecule has 0 atom stereocenters. The maximum absolute atomic E-state index is 11.9. The standard InChI is InChI=1S/C14H14N2O2/c1-10-3-4-13(9-11(10)2)15-14(17)12-5-7-16(18)8-6-12/h3-9H,1-2H3,(H,15,17). The molecule has 0 aliphatic heterocycles. The van der Waals surface area contributed by atoms with E-state index in [2.05, 4.69) is 5.32 Å². The van der Waals surface area contributed by atoms with Crippen LogP contribution in [0.2, 0.25) is 0 Å². The molecule has 1 aromatic carbocycles. The minimum atomic E-state index is -0.223. The quantitative estimate of drug-likeness (QED) is 0.648. The molecule has 2 rings (SSSR count). The van der Waals surface area contributed by atoms with E-state index in [1.54, 1.807) is 0 Å². The van der Waals surface area contributed by atoms with E-state index in [1.165, 1.54) is 30.1 Å². The first kappa shape index (κ1) is 12.1. The molecule has 0 bridgehead atoms. The largest absolute Gasteiger partial charge is 0.619 e. The molecule has 0 fully saturated rings. The van der Waals surface area contributed by atoms with Crippen molar-refractivity contribution < 1.29 is 9.52 Å². The number of benzene rings is 1.